The van der Waals surface area contributed by atoms with E-state index in [2.05, 4.69) is 6.92 Å². The lowest BCUT2D eigenvalue weighted by atomic mass is 10.2. The predicted molar refractivity (Wildman–Crippen MR) is 40.4 cm³/mol. The van der Waals surface area contributed by atoms with Crippen LogP contribution in [0.4, 0.5) is 0 Å². The molecule has 1 rings (SSSR count). The van der Waals surface area contributed by atoms with Gasteiger partial charge in [-0.25, -0.2) is 5.01 Å². The molecule has 0 spiro atoms. The van der Waals surface area contributed by atoms with Crippen LogP contribution in [0.3, 0.4) is 0 Å². The summed E-state index contributed by atoms with van der Waals surface area (Å²) in [5.41, 5.74) is 0. The van der Waals surface area contributed by atoms with Crippen molar-refractivity contribution in [2.24, 2.45) is 5.84 Å². The third kappa shape index (κ3) is 1.68. The molecule has 3 nitrogen and oxygen atoms in total. The van der Waals surface area contributed by atoms with Crippen LogP contribution in [0.25, 0.3) is 0 Å². The van der Waals surface area contributed by atoms with Crippen molar-refractivity contribution in [2.45, 2.75) is 32.4 Å². The van der Waals surface area contributed by atoms with Gasteiger partial charge in [0.05, 0.1) is 6.10 Å². The molecule has 0 unspecified atom stereocenters. The number of hydrazine groups is 1. The van der Waals surface area contributed by atoms with Crippen molar-refractivity contribution in [3.63, 3.8) is 0 Å². The predicted octanol–water partition coefficient (Wildman–Crippen LogP) is 0.359. The average Bonchev–Trinajstić information content (AvgIpc) is 2.14. The third-order valence-electron chi connectivity index (χ3n) is 1.99. The molecule has 0 aromatic heterocycles. The summed E-state index contributed by atoms with van der Waals surface area (Å²) >= 11 is 0. The van der Waals surface area contributed by atoms with Gasteiger partial charge in [0.15, 0.2) is 0 Å². The van der Waals surface area contributed by atoms with Crippen molar-refractivity contribution < 1.29 is 4.74 Å². The van der Waals surface area contributed by atoms with E-state index in [0.29, 0.717) is 12.1 Å². The quantitative estimate of drug-likeness (QED) is 0.569. The van der Waals surface area contributed by atoms with Crippen LogP contribution >= 0.6 is 0 Å². The number of nitrogens with two attached hydrogens (primary N) is 1. The van der Waals surface area contributed by atoms with Crippen LogP contribution in [0.1, 0.15) is 20.3 Å². The Morgan fingerprint density at radius 3 is 2.80 bits per heavy atom. The van der Waals surface area contributed by atoms with Crippen molar-refractivity contribution in [1.82, 2.24) is 5.01 Å². The number of ether oxygens (including phenoxy) is 1. The fraction of sp³-hybridized carbons (Fsp3) is 1.00. The highest BCUT2D eigenvalue weighted by Gasteiger charge is 2.26. The molecule has 60 valence electrons. The van der Waals surface area contributed by atoms with Gasteiger partial charge in [0.2, 0.25) is 0 Å². The van der Waals surface area contributed by atoms with E-state index in [-0.39, 0.29) is 0 Å². The van der Waals surface area contributed by atoms with E-state index in [1.54, 1.807) is 0 Å². The summed E-state index contributed by atoms with van der Waals surface area (Å²) in [4.78, 5) is 0. The molecule has 1 fully saturated rings. The minimum absolute atomic E-state index is 0.366. The Morgan fingerprint density at radius 1 is 1.70 bits per heavy atom. The molecule has 1 aliphatic rings. The zero-order valence-electron chi connectivity index (χ0n) is 6.71. The van der Waals surface area contributed by atoms with E-state index in [9.17, 15) is 0 Å². The molecule has 0 aliphatic carbocycles. The van der Waals surface area contributed by atoms with Crippen LogP contribution in [-0.4, -0.2) is 30.3 Å². The summed E-state index contributed by atoms with van der Waals surface area (Å²) in [5.74, 6) is 5.65. The lowest BCUT2D eigenvalue weighted by molar-refractivity contribution is 0.0689. The summed E-state index contributed by atoms with van der Waals surface area (Å²) in [6.45, 7) is 5.82. The fourth-order valence-corrected chi connectivity index (χ4v) is 1.36. The minimum Gasteiger partial charge on any atom is -0.377 e. The van der Waals surface area contributed by atoms with E-state index in [4.69, 9.17) is 10.6 Å². The Bertz CT molecular complexity index is 97.8. The Kier molecular flexibility index (Phi) is 2.65. The lowest BCUT2D eigenvalue weighted by Crippen LogP contribution is -2.34. The molecule has 3 heteroatoms. The van der Waals surface area contributed by atoms with E-state index >= 15 is 0 Å². The van der Waals surface area contributed by atoms with E-state index in [0.717, 1.165) is 19.6 Å². The minimum atomic E-state index is 0.366. The molecule has 2 N–H and O–H groups in total. The van der Waals surface area contributed by atoms with Gasteiger partial charge in [-0.3, -0.25) is 5.84 Å². The second kappa shape index (κ2) is 3.32. The first kappa shape index (κ1) is 7.98. The normalized spacial score (nSPS) is 35.1. The van der Waals surface area contributed by atoms with Crippen molar-refractivity contribution >= 4 is 0 Å². The average molecular weight is 144 g/mol. The molecule has 0 aromatic carbocycles. The second-order valence-electron chi connectivity index (χ2n) is 2.86. The molecule has 2 atom stereocenters. The molecule has 1 aliphatic heterocycles. The van der Waals surface area contributed by atoms with Gasteiger partial charge in [-0.15, -0.1) is 0 Å². The molecular weight excluding hydrogens is 128 g/mol. The van der Waals surface area contributed by atoms with Gasteiger partial charge in [0, 0.05) is 19.2 Å². The Hall–Kier alpha value is -0.120. The van der Waals surface area contributed by atoms with Crippen LogP contribution in [0.5, 0.6) is 0 Å². The van der Waals surface area contributed by atoms with Gasteiger partial charge in [0.1, 0.15) is 0 Å². The molecule has 0 amide bonds. The molecule has 0 bridgehead atoms. The largest absolute Gasteiger partial charge is 0.377 e. The Labute approximate surface area is 62.1 Å². The molecule has 1 heterocycles. The zero-order chi connectivity index (χ0) is 7.56. The standard InChI is InChI=1S/C7H16N2O/c1-3-10-7-4-6(2)9(8)5-7/h6-7H,3-5,8H2,1-2H3/t6-,7+/m1/s1. The molecule has 10 heavy (non-hydrogen) atoms. The summed E-state index contributed by atoms with van der Waals surface area (Å²) in [6, 6.07) is 0.483. The SMILES string of the molecule is CCO[C@H]1C[C@@H](C)N(N)C1. The van der Waals surface area contributed by atoms with E-state index in [1.165, 1.54) is 0 Å². The number of nitrogens with zero attached hydrogens (tertiary/aromatic N) is 1. The molecule has 0 aromatic rings. The maximum absolute atomic E-state index is 5.65. The summed E-state index contributed by atoms with van der Waals surface area (Å²) in [6.07, 6.45) is 1.44. The zero-order valence-corrected chi connectivity index (χ0v) is 6.71. The van der Waals surface area contributed by atoms with Crippen LogP contribution < -0.4 is 5.84 Å². The highest BCUT2D eigenvalue weighted by molar-refractivity contribution is 4.79. The van der Waals surface area contributed by atoms with Gasteiger partial charge < -0.3 is 4.74 Å². The van der Waals surface area contributed by atoms with Gasteiger partial charge in [0.25, 0.3) is 0 Å². The fourth-order valence-electron chi connectivity index (χ4n) is 1.36. The molecule has 1 saturated heterocycles. The number of hydrogen-bond acceptors (Lipinski definition) is 3. The first-order valence-corrected chi connectivity index (χ1v) is 3.87. The van der Waals surface area contributed by atoms with Crippen molar-refractivity contribution in [1.29, 1.82) is 0 Å². The Balaban J connectivity index is 2.27. The number of rotatable bonds is 2. The monoisotopic (exact) mass is 144 g/mol. The van der Waals surface area contributed by atoms with Gasteiger partial charge in [-0.05, 0) is 20.3 Å². The van der Waals surface area contributed by atoms with Crippen LogP contribution in [0.15, 0.2) is 0 Å². The van der Waals surface area contributed by atoms with Crippen molar-refractivity contribution in [3.05, 3.63) is 0 Å². The number of hydrogen-bond donors (Lipinski definition) is 1. The van der Waals surface area contributed by atoms with Crippen molar-refractivity contribution in [3.8, 4) is 0 Å². The molecule has 0 saturated carbocycles. The summed E-state index contributed by atoms with van der Waals surface area (Å²) in [7, 11) is 0. The van der Waals surface area contributed by atoms with Crippen LogP contribution in [0.2, 0.25) is 0 Å². The second-order valence-corrected chi connectivity index (χ2v) is 2.86. The summed E-state index contributed by atoms with van der Waals surface area (Å²) in [5, 5.41) is 1.85. The Morgan fingerprint density at radius 2 is 2.40 bits per heavy atom. The van der Waals surface area contributed by atoms with Crippen molar-refractivity contribution in [2.75, 3.05) is 13.2 Å². The highest BCUT2D eigenvalue weighted by Crippen LogP contribution is 2.15. The topological polar surface area (TPSA) is 38.5 Å². The maximum Gasteiger partial charge on any atom is 0.0731 e. The first-order valence-electron chi connectivity index (χ1n) is 3.87. The van der Waals surface area contributed by atoms with Crippen LogP contribution in [-0.2, 0) is 4.74 Å². The van der Waals surface area contributed by atoms with E-state index in [1.807, 2.05) is 11.9 Å². The highest BCUT2D eigenvalue weighted by atomic mass is 16.5. The molecule has 0 radical (unpaired) electrons. The third-order valence-corrected chi connectivity index (χ3v) is 1.99. The molecular formula is C7H16N2O. The van der Waals surface area contributed by atoms with E-state index < -0.39 is 0 Å². The van der Waals surface area contributed by atoms with Crippen LogP contribution in [0, 0.1) is 0 Å². The summed E-state index contributed by atoms with van der Waals surface area (Å²) < 4.78 is 5.42. The van der Waals surface area contributed by atoms with Gasteiger partial charge >= 0.3 is 0 Å². The smallest absolute Gasteiger partial charge is 0.0731 e. The van der Waals surface area contributed by atoms with Gasteiger partial charge in [-0.1, -0.05) is 0 Å². The van der Waals surface area contributed by atoms with Gasteiger partial charge in [-0.2, -0.15) is 0 Å². The first-order chi connectivity index (χ1) is 4.74. The lowest BCUT2D eigenvalue weighted by Gasteiger charge is -2.11. The maximum atomic E-state index is 5.65.